The Kier molecular flexibility index (Phi) is 4.74. The zero-order valence-electron chi connectivity index (χ0n) is 13.9. The van der Waals surface area contributed by atoms with Crippen LogP contribution in [0.1, 0.15) is 19.4 Å². The number of anilines is 2. The molecule has 6 heteroatoms. The van der Waals surface area contributed by atoms with Gasteiger partial charge >= 0.3 is 0 Å². The van der Waals surface area contributed by atoms with E-state index in [1.807, 2.05) is 18.2 Å². The highest BCUT2D eigenvalue weighted by Crippen LogP contribution is 2.26. The molecule has 0 spiro atoms. The summed E-state index contributed by atoms with van der Waals surface area (Å²) in [6.07, 6.45) is 3.67. The smallest absolute Gasteiger partial charge is 0.230 e. The number of nitrogens with one attached hydrogen (secondary N) is 2. The lowest BCUT2D eigenvalue weighted by molar-refractivity contribution is -0.115. The Morgan fingerprint density at radius 2 is 1.92 bits per heavy atom. The van der Waals surface area contributed by atoms with Crippen molar-refractivity contribution in [3.63, 3.8) is 0 Å². The third-order valence-corrected chi connectivity index (χ3v) is 4.05. The first-order valence-electron chi connectivity index (χ1n) is 8.13. The minimum Gasteiger partial charge on any atom is -0.372 e. The Hall–Kier alpha value is -2.89. The van der Waals surface area contributed by atoms with Gasteiger partial charge in [-0.15, -0.1) is 0 Å². The lowest BCUT2D eigenvalue weighted by Gasteiger charge is -2.20. The number of hydrogen-bond donors (Lipinski definition) is 2. The molecule has 0 fully saturated rings. The van der Waals surface area contributed by atoms with Crippen molar-refractivity contribution in [1.29, 1.82) is 0 Å². The number of aromatic nitrogens is 3. The zero-order valence-corrected chi connectivity index (χ0v) is 13.9. The van der Waals surface area contributed by atoms with Gasteiger partial charge in [-0.2, -0.15) is 5.10 Å². The van der Waals surface area contributed by atoms with Crippen molar-refractivity contribution in [1.82, 2.24) is 15.2 Å². The summed E-state index contributed by atoms with van der Waals surface area (Å²) in [5.74, 6) is 0.473. The molecule has 0 saturated heterocycles. The molecule has 0 saturated carbocycles. The minimum absolute atomic E-state index is 0.0946. The van der Waals surface area contributed by atoms with Crippen LogP contribution in [0.3, 0.4) is 0 Å². The number of amides is 1. The molecule has 0 bridgehead atoms. The maximum atomic E-state index is 12.3. The van der Waals surface area contributed by atoms with E-state index >= 15 is 0 Å². The second kappa shape index (κ2) is 7.12. The summed E-state index contributed by atoms with van der Waals surface area (Å²) in [5.41, 5.74) is 2.95. The van der Waals surface area contributed by atoms with Crippen molar-refractivity contribution in [2.75, 3.05) is 23.3 Å². The van der Waals surface area contributed by atoms with E-state index in [0.717, 1.165) is 35.2 Å². The van der Waals surface area contributed by atoms with Crippen LogP contribution < -0.4 is 10.2 Å². The number of nitrogens with zero attached hydrogens (tertiary/aromatic N) is 3. The van der Waals surface area contributed by atoms with Crippen LogP contribution in [0, 0.1) is 0 Å². The summed E-state index contributed by atoms with van der Waals surface area (Å²) in [7, 11) is 0. The average molecular weight is 323 g/mol. The predicted octanol–water partition coefficient (Wildman–Crippen LogP) is 2.99. The molecule has 6 nitrogen and oxygen atoms in total. The van der Waals surface area contributed by atoms with Crippen LogP contribution in [0.5, 0.6) is 0 Å². The molecule has 124 valence electrons. The Labute approximate surface area is 140 Å². The number of pyridine rings is 1. The van der Waals surface area contributed by atoms with Crippen molar-refractivity contribution in [2.24, 2.45) is 0 Å². The maximum Gasteiger partial charge on any atom is 0.230 e. The van der Waals surface area contributed by atoms with Crippen molar-refractivity contribution in [2.45, 2.75) is 20.3 Å². The van der Waals surface area contributed by atoms with Crippen molar-refractivity contribution in [3.8, 4) is 0 Å². The molecule has 1 aromatic carbocycles. The number of fused-ring (bicyclic) bond motifs is 1. The fourth-order valence-corrected chi connectivity index (χ4v) is 2.75. The Bertz CT molecular complexity index is 824. The van der Waals surface area contributed by atoms with Crippen LogP contribution in [0.15, 0.2) is 42.7 Å². The second-order valence-electron chi connectivity index (χ2n) is 5.55. The van der Waals surface area contributed by atoms with E-state index in [2.05, 4.69) is 51.4 Å². The predicted molar refractivity (Wildman–Crippen MR) is 96.2 cm³/mol. The van der Waals surface area contributed by atoms with E-state index in [9.17, 15) is 4.79 Å². The molecule has 0 aliphatic heterocycles. The molecule has 2 heterocycles. The monoisotopic (exact) mass is 323 g/mol. The lowest BCUT2D eigenvalue weighted by atomic mass is 10.2. The molecule has 2 aromatic heterocycles. The van der Waals surface area contributed by atoms with Gasteiger partial charge in [-0.05, 0) is 49.7 Å². The van der Waals surface area contributed by atoms with Gasteiger partial charge in [0.05, 0.1) is 11.9 Å². The summed E-state index contributed by atoms with van der Waals surface area (Å²) in [6.45, 7) is 6.12. The topological polar surface area (TPSA) is 73.9 Å². The number of hydrogen-bond acceptors (Lipinski definition) is 4. The molecule has 24 heavy (non-hydrogen) atoms. The van der Waals surface area contributed by atoms with E-state index < -0.39 is 0 Å². The maximum absolute atomic E-state index is 12.3. The minimum atomic E-state index is -0.0946. The molecule has 0 aliphatic carbocycles. The standard InChI is InChI=1S/C18H21N5O/c1-3-23(4-2)14-5-6-16-15(12-14)18(22-21-16)20-17(24)11-13-7-9-19-10-8-13/h5-10,12H,3-4,11H2,1-2H3,(H2,20,21,22,24). The number of H-pyrrole nitrogens is 1. The number of carbonyl (C=O) groups is 1. The lowest BCUT2D eigenvalue weighted by Crippen LogP contribution is -2.21. The van der Waals surface area contributed by atoms with Gasteiger partial charge in [-0.25, -0.2) is 0 Å². The fourth-order valence-electron chi connectivity index (χ4n) is 2.75. The first-order chi connectivity index (χ1) is 11.7. The molecule has 0 aliphatic rings. The second-order valence-corrected chi connectivity index (χ2v) is 5.55. The van der Waals surface area contributed by atoms with Gasteiger partial charge in [-0.1, -0.05) is 0 Å². The van der Waals surface area contributed by atoms with E-state index in [0.29, 0.717) is 12.2 Å². The summed E-state index contributed by atoms with van der Waals surface area (Å²) < 4.78 is 0. The third kappa shape index (κ3) is 3.37. The molecule has 3 rings (SSSR count). The molecule has 2 N–H and O–H groups in total. The zero-order chi connectivity index (χ0) is 16.9. The number of carbonyl (C=O) groups excluding carboxylic acids is 1. The Morgan fingerprint density at radius 3 is 2.62 bits per heavy atom. The molecular weight excluding hydrogens is 302 g/mol. The highest BCUT2D eigenvalue weighted by atomic mass is 16.1. The van der Waals surface area contributed by atoms with Crippen LogP contribution in [0.25, 0.3) is 10.9 Å². The average Bonchev–Trinajstić information content (AvgIpc) is 2.99. The summed E-state index contributed by atoms with van der Waals surface area (Å²) >= 11 is 0. The van der Waals surface area contributed by atoms with E-state index in [4.69, 9.17) is 0 Å². The molecule has 3 aromatic rings. The molecule has 0 radical (unpaired) electrons. The van der Waals surface area contributed by atoms with Gasteiger partial charge in [0.1, 0.15) is 0 Å². The molecule has 0 unspecified atom stereocenters. The van der Waals surface area contributed by atoms with E-state index in [1.165, 1.54) is 0 Å². The quantitative estimate of drug-likeness (QED) is 0.731. The van der Waals surface area contributed by atoms with Gasteiger partial charge < -0.3 is 10.2 Å². The fraction of sp³-hybridized carbons (Fsp3) is 0.278. The molecular formula is C18H21N5O. The van der Waals surface area contributed by atoms with Crippen LogP contribution in [0.2, 0.25) is 0 Å². The van der Waals surface area contributed by atoms with Crippen molar-refractivity contribution >= 4 is 28.3 Å². The van der Waals surface area contributed by atoms with Gasteiger partial charge in [-0.3, -0.25) is 14.9 Å². The SMILES string of the molecule is CCN(CC)c1ccc2[nH]nc(NC(=O)Cc3ccncc3)c2c1. The van der Waals surface area contributed by atoms with Gasteiger partial charge in [0.15, 0.2) is 5.82 Å². The first-order valence-corrected chi connectivity index (χ1v) is 8.13. The van der Waals surface area contributed by atoms with Gasteiger partial charge in [0.25, 0.3) is 0 Å². The number of aromatic amines is 1. The highest BCUT2D eigenvalue weighted by molar-refractivity contribution is 6.01. The molecule has 1 amide bonds. The summed E-state index contributed by atoms with van der Waals surface area (Å²) in [5, 5.41) is 11.0. The van der Waals surface area contributed by atoms with Crippen LogP contribution >= 0.6 is 0 Å². The number of rotatable bonds is 6. The first kappa shape index (κ1) is 16.0. The van der Waals surface area contributed by atoms with E-state index in [1.54, 1.807) is 12.4 Å². The van der Waals surface area contributed by atoms with Gasteiger partial charge in [0.2, 0.25) is 5.91 Å². The Morgan fingerprint density at radius 1 is 1.17 bits per heavy atom. The number of benzene rings is 1. The van der Waals surface area contributed by atoms with Crippen LogP contribution in [-0.4, -0.2) is 34.2 Å². The summed E-state index contributed by atoms with van der Waals surface area (Å²) in [4.78, 5) is 18.5. The van der Waals surface area contributed by atoms with E-state index in [-0.39, 0.29) is 5.91 Å². The van der Waals surface area contributed by atoms with Crippen LogP contribution in [0.4, 0.5) is 11.5 Å². The largest absolute Gasteiger partial charge is 0.372 e. The third-order valence-electron chi connectivity index (χ3n) is 4.05. The summed E-state index contributed by atoms with van der Waals surface area (Å²) in [6, 6.07) is 9.79. The van der Waals surface area contributed by atoms with Gasteiger partial charge in [0, 0.05) is 36.6 Å². The van der Waals surface area contributed by atoms with Crippen LogP contribution in [-0.2, 0) is 11.2 Å². The molecule has 0 atom stereocenters. The highest BCUT2D eigenvalue weighted by Gasteiger charge is 2.12. The van der Waals surface area contributed by atoms with Crippen molar-refractivity contribution in [3.05, 3.63) is 48.3 Å². The Balaban J connectivity index is 1.81. The normalized spacial score (nSPS) is 10.8. The van der Waals surface area contributed by atoms with Crippen molar-refractivity contribution < 1.29 is 4.79 Å².